The van der Waals surface area contributed by atoms with E-state index in [4.69, 9.17) is 9.47 Å². The van der Waals surface area contributed by atoms with Gasteiger partial charge in [0.05, 0.1) is 11.0 Å². The number of nitrogens with zero attached hydrogens (tertiary/aromatic N) is 1. The van der Waals surface area contributed by atoms with Crippen LogP contribution in [-0.4, -0.2) is 46.2 Å². The number of nitro groups is 1. The highest BCUT2D eigenvalue weighted by Crippen LogP contribution is 2.38. The van der Waals surface area contributed by atoms with E-state index in [1.165, 1.54) is 0 Å². The largest absolute Gasteiger partial charge is 0.486 e. The Kier molecular flexibility index (Phi) is 7.04. The molecule has 0 saturated carbocycles. The summed E-state index contributed by atoms with van der Waals surface area (Å²) in [6.45, 7) is 2.63. The number of fused-ring (bicyclic) bond motifs is 1. The Bertz CT molecular complexity index is 752. The van der Waals surface area contributed by atoms with E-state index in [1.54, 1.807) is 0 Å². The molecule has 9 nitrogen and oxygen atoms in total. The molecule has 1 aromatic rings. The smallest absolute Gasteiger partial charge is 0.293 e. The van der Waals surface area contributed by atoms with Gasteiger partial charge in [0.15, 0.2) is 16.4 Å². The van der Waals surface area contributed by atoms with Gasteiger partial charge in [-0.2, -0.15) is 0 Å². The lowest BCUT2D eigenvalue weighted by Gasteiger charge is -2.22. The van der Waals surface area contributed by atoms with Crippen molar-refractivity contribution in [1.29, 1.82) is 0 Å². The van der Waals surface area contributed by atoms with Gasteiger partial charge in [-0.3, -0.25) is 10.1 Å². The highest BCUT2D eigenvalue weighted by molar-refractivity contribution is 7.89. The third kappa shape index (κ3) is 4.76. The lowest BCUT2D eigenvalue weighted by atomic mass is 9.96. The highest BCUT2D eigenvalue weighted by atomic mass is 35.5. The first-order valence-corrected chi connectivity index (χ1v) is 9.74. The van der Waals surface area contributed by atoms with Gasteiger partial charge in [-0.05, 0) is 38.3 Å². The highest BCUT2D eigenvalue weighted by Gasteiger charge is 2.30. The Morgan fingerprint density at radius 1 is 1.27 bits per heavy atom. The quantitative estimate of drug-likeness (QED) is 0.541. The summed E-state index contributed by atoms with van der Waals surface area (Å²) >= 11 is 0. The maximum absolute atomic E-state index is 12.6. The Labute approximate surface area is 158 Å². The van der Waals surface area contributed by atoms with Crippen LogP contribution in [0.3, 0.4) is 0 Å². The van der Waals surface area contributed by atoms with E-state index in [-0.39, 0.29) is 43.7 Å². The van der Waals surface area contributed by atoms with Gasteiger partial charge in [0.1, 0.15) is 13.2 Å². The van der Waals surface area contributed by atoms with Crippen molar-refractivity contribution in [3.8, 4) is 11.5 Å². The topological polar surface area (TPSA) is 120 Å². The fraction of sp³-hybridized carbons (Fsp3) is 0.600. The maximum Gasteiger partial charge on any atom is 0.293 e. The summed E-state index contributed by atoms with van der Waals surface area (Å²) in [7, 11) is -4.02. The zero-order chi connectivity index (χ0) is 17.9. The first kappa shape index (κ1) is 20.7. The standard InChI is InChI=1S/C15H21N3O6S.ClH/c19-18(20)12-8-13-14(24-7-6-23-13)9-15(12)25(21,22)17-5-3-11-2-1-4-16-10-11;/h8-9,11,16-17H,1-7,10H2;1H. The minimum absolute atomic E-state index is 0. The van der Waals surface area contributed by atoms with Crippen LogP contribution in [0.2, 0.25) is 0 Å². The molecular formula is C15H22ClN3O6S. The van der Waals surface area contributed by atoms with Crippen molar-refractivity contribution in [2.45, 2.75) is 24.2 Å². The van der Waals surface area contributed by atoms with Crippen molar-refractivity contribution in [2.24, 2.45) is 5.92 Å². The second kappa shape index (κ2) is 8.85. The van der Waals surface area contributed by atoms with Crippen molar-refractivity contribution < 1.29 is 22.8 Å². The lowest BCUT2D eigenvalue weighted by Crippen LogP contribution is -2.33. The van der Waals surface area contributed by atoms with Crippen LogP contribution in [0.5, 0.6) is 11.5 Å². The number of nitrogens with one attached hydrogen (secondary N) is 2. The van der Waals surface area contributed by atoms with Crippen LogP contribution in [0.15, 0.2) is 17.0 Å². The van der Waals surface area contributed by atoms with E-state index in [1.807, 2.05) is 0 Å². The number of rotatable bonds is 6. The first-order chi connectivity index (χ1) is 12.0. The van der Waals surface area contributed by atoms with Gasteiger partial charge in [0.25, 0.3) is 5.69 Å². The Hall–Kier alpha value is -1.62. The summed E-state index contributed by atoms with van der Waals surface area (Å²) in [5.41, 5.74) is -0.518. The van der Waals surface area contributed by atoms with Crippen LogP contribution in [0.25, 0.3) is 0 Å². The molecule has 1 fully saturated rings. The van der Waals surface area contributed by atoms with Crippen molar-refractivity contribution in [2.75, 3.05) is 32.8 Å². The molecule has 2 heterocycles. The lowest BCUT2D eigenvalue weighted by molar-refractivity contribution is -0.388. The number of hydrogen-bond acceptors (Lipinski definition) is 7. The van der Waals surface area contributed by atoms with E-state index in [9.17, 15) is 18.5 Å². The summed E-state index contributed by atoms with van der Waals surface area (Å²) in [6.07, 6.45) is 2.81. The molecule has 2 aliphatic rings. The number of piperidine rings is 1. The number of benzene rings is 1. The second-order valence-electron chi connectivity index (χ2n) is 6.12. The van der Waals surface area contributed by atoms with Gasteiger partial charge in [0.2, 0.25) is 10.0 Å². The molecule has 1 saturated heterocycles. The molecule has 0 spiro atoms. The predicted molar refractivity (Wildman–Crippen MR) is 96.7 cm³/mol. The summed E-state index contributed by atoms with van der Waals surface area (Å²) < 4.78 is 38.2. The first-order valence-electron chi connectivity index (χ1n) is 8.26. The summed E-state index contributed by atoms with van der Waals surface area (Å²) in [4.78, 5) is 10.2. The average molecular weight is 408 g/mol. The van der Waals surface area contributed by atoms with Crippen LogP contribution in [0.4, 0.5) is 5.69 Å². The number of nitro benzene ring substituents is 1. The van der Waals surface area contributed by atoms with Gasteiger partial charge < -0.3 is 14.8 Å². The Morgan fingerprint density at radius 2 is 1.96 bits per heavy atom. The van der Waals surface area contributed by atoms with Crippen LogP contribution < -0.4 is 19.5 Å². The fourth-order valence-electron chi connectivity index (χ4n) is 3.06. The molecule has 1 aromatic carbocycles. The third-order valence-corrected chi connectivity index (χ3v) is 5.84. The minimum atomic E-state index is -4.02. The average Bonchev–Trinajstić information content (AvgIpc) is 2.61. The molecule has 0 radical (unpaired) electrons. The molecule has 0 aliphatic carbocycles. The normalized spacial score (nSPS) is 19.5. The molecule has 1 atom stereocenters. The molecule has 146 valence electrons. The molecule has 2 aliphatic heterocycles. The Balaban J connectivity index is 0.00000243. The van der Waals surface area contributed by atoms with E-state index in [0.717, 1.165) is 38.1 Å². The summed E-state index contributed by atoms with van der Waals surface area (Å²) in [6, 6.07) is 2.27. The molecule has 11 heteroatoms. The van der Waals surface area contributed by atoms with Gasteiger partial charge in [-0.15, -0.1) is 12.4 Å². The Morgan fingerprint density at radius 3 is 2.58 bits per heavy atom. The predicted octanol–water partition coefficient (Wildman–Crippen LogP) is 1.46. The minimum Gasteiger partial charge on any atom is -0.486 e. The van der Waals surface area contributed by atoms with Gasteiger partial charge in [-0.25, -0.2) is 13.1 Å². The monoisotopic (exact) mass is 407 g/mol. The summed E-state index contributed by atoms with van der Waals surface area (Å²) in [5, 5.41) is 14.6. The van der Waals surface area contributed by atoms with Gasteiger partial charge in [-0.1, -0.05) is 0 Å². The molecule has 0 amide bonds. The number of hydrogen-bond donors (Lipinski definition) is 2. The van der Waals surface area contributed by atoms with Crippen LogP contribution in [-0.2, 0) is 10.0 Å². The maximum atomic E-state index is 12.6. The van der Waals surface area contributed by atoms with Crippen molar-refractivity contribution in [3.05, 3.63) is 22.2 Å². The van der Waals surface area contributed by atoms with E-state index in [2.05, 4.69) is 10.0 Å². The van der Waals surface area contributed by atoms with Crippen molar-refractivity contribution >= 4 is 28.1 Å². The molecule has 3 rings (SSSR count). The molecule has 1 unspecified atom stereocenters. The van der Waals surface area contributed by atoms with E-state index < -0.39 is 25.5 Å². The van der Waals surface area contributed by atoms with E-state index in [0.29, 0.717) is 12.3 Å². The van der Waals surface area contributed by atoms with Gasteiger partial charge >= 0.3 is 0 Å². The SMILES string of the molecule is Cl.O=[N+]([O-])c1cc2c(cc1S(=O)(=O)NCCC1CCCNC1)OCCO2. The second-order valence-corrected chi connectivity index (χ2v) is 7.85. The van der Waals surface area contributed by atoms with Crippen LogP contribution in [0.1, 0.15) is 19.3 Å². The molecule has 2 N–H and O–H groups in total. The molecule has 0 bridgehead atoms. The molecule has 0 aromatic heterocycles. The number of ether oxygens (including phenoxy) is 2. The zero-order valence-electron chi connectivity index (χ0n) is 14.1. The zero-order valence-corrected chi connectivity index (χ0v) is 15.7. The van der Waals surface area contributed by atoms with E-state index >= 15 is 0 Å². The number of sulfonamides is 1. The summed E-state index contributed by atoms with van der Waals surface area (Å²) in [5.74, 6) is 0.797. The molecular weight excluding hydrogens is 386 g/mol. The van der Waals surface area contributed by atoms with Crippen molar-refractivity contribution in [1.82, 2.24) is 10.0 Å². The van der Waals surface area contributed by atoms with Crippen LogP contribution >= 0.6 is 12.4 Å². The third-order valence-electron chi connectivity index (χ3n) is 4.35. The van der Waals surface area contributed by atoms with Crippen LogP contribution in [0, 0.1) is 16.0 Å². The molecule has 26 heavy (non-hydrogen) atoms. The van der Waals surface area contributed by atoms with Crippen molar-refractivity contribution in [3.63, 3.8) is 0 Å². The van der Waals surface area contributed by atoms with Gasteiger partial charge in [0, 0.05) is 12.6 Å². The number of halogens is 1. The fourth-order valence-corrected chi connectivity index (χ4v) is 4.28.